The van der Waals surface area contributed by atoms with Gasteiger partial charge < -0.3 is 4.57 Å². The number of hydrogen-bond acceptors (Lipinski definition) is 3. The minimum Gasteiger partial charge on any atom is -0.337 e. The molecule has 0 amide bonds. The van der Waals surface area contributed by atoms with Crippen molar-refractivity contribution >= 4 is 0 Å². The average Bonchev–Trinajstić information content (AvgIpc) is 2.66. The number of hydrogen-bond donors (Lipinski definition) is 1. The zero-order valence-electron chi connectivity index (χ0n) is 9.57. The van der Waals surface area contributed by atoms with Gasteiger partial charge >= 0.3 is 0 Å². The van der Waals surface area contributed by atoms with Gasteiger partial charge in [-0.2, -0.15) is 5.26 Å². The molecule has 1 aromatic rings. The van der Waals surface area contributed by atoms with Crippen molar-refractivity contribution in [3.63, 3.8) is 0 Å². The first-order valence-corrected chi connectivity index (χ1v) is 5.20. The number of aromatic nitrogens is 2. The quantitative estimate of drug-likeness (QED) is 0.795. The van der Waals surface area contributed by atoms with Gasteiger partial charge in [0.1, 0.15) is 5.54 Å². The predicted octanol–water partition coefficient (Wildman–Crippen LogP) is 1.55. The maximum absolute atomic E-state index is 9.13. The molecule has 1 heterocycles. The monoisotopic (exact) mass is 206 g/mol. The maximum atomic E-state index is 9.13. The minimum absolute atomic E-state index is 0.317. The normalized spacial score (nSPS) is 14.9. The largest absolute Gasteiger partial charge is 0.337 e. The van der Waals surface area contributed by atoms with Crippen molar-refractivity contribution < 1.29 is 0 Å². The Labute approximate surface area is 90.9 Å². The van der Waals surface area contributed by atoms with Crippen LogP contribution in [0.1, 0.15) is 27.2 Å². The number of nitriles is 1. The van der Waals surface area contributed by atoms with Crippen molar-refractivity contribution in [1.29, 1.82) is 5.26 Å². The molecule has 0 radical (unpaired) electrons. The third-order valence-corrected chi connectivity index (χ3v) is 2.28. The molecular weight excluding hydrogens is 188 g/mol. The summed E-state index contributed by atoms with van der Waals surface area (Å²) in [5.41, 5.74) is -0.460. The van der Waals surface area contributed by atoms with E-state index in [0.29, 0.717) is 6.04 Å². The molecule has 15 heavy (non-hydrogen) atoms. The Kier molecular flexibility index (Phi) is 3.87. The van der Waals surface area contributed by atoms with Gasteiger partial charge in [0.25, 0.3) is 0 Å². The van der Waals surface area contributed by atoms with E-state index in [1.54, 1.807) is 12.5 Å². The molecule has 4 heteroatoms. The van der Waals surface area contributed by atoms with Gasteiger partial charge in [-0.15, -0.1) is 0 Å². The van der Waals surface area contributed by atoms with Crippen LogP contribution in [-0.4, -0.2) is 21.1 Å². The van der Waals surface area contributed by atoms with E-state index in [1.165, 1.54) is 0 Å². The van der Waals surface area contributed by atoms with Crippen LogP contribution in [0.25, 0.3) is 0 Å². The topological polar surface area (TPSA) is 53.6 Å². The molecule has 1 unspecified atom stereocenters. The minimum atomic E-state index is -0.460. The van der Waals surface area contributed by atoms with Gasteiger partial charge in [0.15, 0.2) is 0 Å². The second kappa shape index (κ2) is 4.94. The van der Waals surface area contributed by atoms with Gasteiger partial charge in [0.05, 0.1) is 12.4 Å². The Morgan fingerprint density at radius 1 is 1.60 bits per heavy atom. The van der Waals surface area contributed by atoms with E-state index in [0.717, 1.165) is 13.0 Å². The Bertz CT molecular complexity index is 323. The second-order valence-corrected chi connectivity index (χ2v) is 4.29. The predicted molar refractivity (Wildman–Crippen MR) is 59.1 cm³/mol. The van der Waals surface area contributed by atoms with Crippen LogP contribution in [0, 0.1) is 11.3 Å². The van der Waals surface area contributed by atoms with Crippen LogP contribution in [0.5, 0.6) is 0 Å². The molecule has 0 aromatic carbocycles. The van der Waals surface area contributed by atoms with E-state index < -0.39 is 5.54 Å². The highest BCUT2D eigenvalue weighted by molar-refractivity contribution is 5.04. The van der Waals surface area contributed by atoms with Gasteiger partial charge in [0.2, 0.25) is 0 Å². The second-order valence-electron chi connectivity index (χ2n) is 4.29. The summed E-state index contributed by atoms with van der Waals surface area (Å²) >= 11 is 0. The highest BCUT2D eigenvalue weighted by Gasteiger charge is 2.23. The Balaban J connectivity index is 2.50. The summed E-state index contributed by atoms with van der Waals surface area (Å²) < 4.78 is 1.98. The third-order valence-electron chi connectivity index (χ3n) is 2.28. The molecule has 0 saturated carbocycles. The van der Waals surface area contributed by atoms with Gasteiger partial charge in [0, 0.05) is 25.0 Å². The van der Waals surface area contributed by atoms with Crippen LogP contribution in [0.4, 0.5) is 0 Å². The highest BCUT2D eigenvalue weighted by Crippen LogP contribution is 2.11. The van der Waals surface area contributed by atoms with Crippen molar-refractivity contribution in [3.8, 4) is 6.07 Å². The van der Waals surface area contributed by atoms with Crippen molar-refractivity contribution in [1.82, 2.24) is 14.9 Å². The van der Waals surface area contributed by atoms with Crippen molar-refractivity contribution in [3.05, 3.63) is 18.7 Å². The molecule has 4 nitrogen and oxygen atoms in total. The smallest absolute Gasteiger partial charge is 0.105 e. The van der Waals surface area contributed by atoms with E-state index in [1.807, 2.05) is 31.5 Å². The van der Waals surface area contributed by atoms with E-state index in [4.69, 9.17) is 5.26 Å². The fourth-order valence-corrected chi connectivity index (χ4v) is 1.57. The Morgan fingerprint density at radius 3 is 2.80 bits per heavy atom. The zero-order chi connectivity index (χ0) is 11.3. The Morgan fingerprint density at radius 2 is 2.33 bits per heavy atom. The van der Waals surface area contributed by atoms with Gasteiger partial charge in [-0.3, -0.25) is 5.32 Å². The van der Waals surface area contributed by atoms with E-state index >= 15 is 0 Å². The van der Waals surface area contributed by atoms with Crippen molar-refractivity contribution in [2.45, 2.75) is 45.3 Å². The lowest BCUT2D eigenvalue weighted by Crippen LogP contribution is -2.45. The number of rotatable bonds is 5. The first-order valence-electron chi connectivity index (χ1n) is 5.20. The lowest BCUT2D eigenvalue weighted by atomic mass is 9.99. The molecule has 0 saturated heterocycles. The average molecular weight is 206 g/mol. The van der Waals surface area contributed by atoms with Crippen molar-refractivity contribution in [2.24, 2.45) is 0 Å². The molecule has 0 spiro atoms. The van der Waals surface area contributed by atoms with Crippen LogP contribution >= 0.6 is 0 Å². The molecule has 0 aliphatic carbocycles. The highest BCUT2D eigenvalue weighted by atomic mass is 15.0. The maximum Gasteiger partial charge on any atom is 0.105 e. The summed E-state index contributed by atoms with van der Waals surface area (Å²) in [5.74, 6) is 0. The summed E-state index contributed by atoms with van der Waals surface area (Å²) in [5, 5.41) is 12.4. The standard InChI is InChI=1S/C11H18N4/c1-10(2)14-11(3,8-12)4-6-15-7-5-13-9-15/h5,7,9-10,14H,4,6H2,1-3H3. The van der Waals surface area contributed by atoms with Crippen LogP contribution in [0.3, 0.4) is 0 Å². The SMILES string of the molecule is CC(C)NC(C)(C#N)CCn1ccnc1. The number of nitrogens with one attached hydrogen (secondary N) is 1. The molecule has 0 fully saturated rings. The summed E-state index contributed by atoms with van der Waals surface area (Å²) in [6.07, 6.45) is 6.21. The number of aryl methyl sites for hydroxylation is 1. The van der Waals surface area contributed by atoms with E-state index in [-0.39, 0.29) is 0 Å². The third kappa shape index (κ3) is 3.72. The van der Waals surface area contributed by atoms with Gasteiger partial charge in [-0.25, -0.2) is 4.98 Å². The molecule has 0 aliphatic rings. The van der Waals surface area contributed by atoms with Gasteiger partial charge in [-0.05, 0) is 27.2 Å². The van der Waals surface area contributed by atoms with Crippen LogP contribution in [0.15, 0.2) is 18.7 Å². The van der Waals surface area contributed by atoms with Crippen LogP contribution in [0.2, 0.25) is 0 Å². The fraction of sp³-hybridized carbons (Fsp3) is 0.636. The molecule has 1 rings (SSSR count). The lowest BCUT2D eigenvalue weighted by molar-refractivity contribution is 0.362. The van der Waals surface area contributed by atoms with Crippen LogP contribution in [-0.2, 0) is 6.54 Å². The summed E-state index contributed by atoms with van der Waals surface area (Å²) in [6.45, 7) is 6.84. The molecule has 0 aliphatic heterocycles. The summed E-state index contributed by atoms with van der Waals surface area (Å²) in [6, 6.07) is 2.64. The first kappa shape index (κ1) is 11.7. The van der Waals surface area contributed by atoms with E-state index in [9.17, 15) is 0 Å². The van der Waals surface area contributed by atoms with Gasteiger partial charge in [-0.1, -0.05) is 0 Å². The van der Waals surface area contributed by atoms with Crippen LogP contribution < -0.4 is 5.32 Å². The molecule has 1 atom stereocenters. The molecule has 1 aromatic heterocycles. The number of imidazole rings is 1. The lowest BCUT2D eigenvalue weighted by Gasteiger charge is -2.25. The first-order chi connectivity index (χ1) is 7.06. The van der Waals surface area contributed by atoms with E-state index in [2.05, 4.69) is 16.4 Å². The fourth-order valence-electron chi connectivity index (χ4n) is 1.57. The molecular formula is C11H18N4. The summed E-state index contributed by atoms with van der Waals surface area (Å²) in [7, 11) is 0. The molecule has 82 valence electrons. The molecule has 0 bridgehead atoms. The Hall–Kier alpha value is -1.34. The number of nitrogens with zero attached hydrogens (tertiary/aromatic N) is 3. The van der Waals surface area contributed by atoms with Crippen molar-refractivity contribution in [2.75, 3.05) is 0 Å². The molecule has 1 N–H and O–H groups in total. The zero-order valence-corrected chi connectivity index (χ0v) is 9.57. The summed E-state index contributed by atoms with van der Waals surface area (Å²) in [4.78, 5) is 3.97.